The molecule has 16 heavy (non-hydrogen) atoms. The molecule has 0 aromatic carbocycles. The molecule has 5 N–H and O–H groups in total. The second kappa shape index (κ2) is 5.80. The number of aliphatic hydroxyl groups is 5. The molecule has 0 heterocycles. The number of carbonyl (C=O) groups excluding carboxylic acids is 2. The van der Waals surface area contributed by atoms with Crippen molar-refractivity contribution in [3.63, 3.8) is 0 Å². The van der Waals surface area contributed by atoms with Gasteiger partial charge in [-0.3, -0.25) is 9.59 Å². The molecule has 8 heteroatoms. The van der Waals surface area contributed by atoms with Crippen molar-refractivity contribution in [3.05, 3.63) is 0 Å². The van der Waals surface area contributed by atoms with Crippen molar-refractivity contribution in [2.75, 3.05) is 6.61 Å². The van der Waals surface area contributed by atoms with Crippen LogP contribution in [0, 0.1) is 0 Å². The lowest BCUT2D eigenvalue weighted by molar-refractivity contribution is -0.174. The predicted molar refractivity (Wildman–Crippen MR) is 54.7 cm³/mol. The third kappa shape index (κ3) is 2.84. The zero-order chi connectivity index (χ0) is 13.1. The fourth-order valence-electron chi connectivity index (χ4n) is 1.03. The van der Waals surface area contributed by atoms with Gasteiger partial charge in [0.15, 0.2) is 5.78 Å². The Labute approximate surface area is 99.5 Å². The number of Topliss-reactive ketones (excluding diaryl/α,β-unsaturated/α-hetero) is 1. The smallest absolute Gasteiger partial charge is 0.239 e. The molecule has 0 bridgehead atoms. The van der Waals surface area contributed by atoms with Crippen molar-refractivity contribution in [1.29, 1.82) is 0 Å². The van der Waals surface area contributed by atoms with Gasteiger partial charge in [0, 0.05) is 0 Å². The first kappa shape index (κ1) is 15.6. The molecule has 0 aliphatic rings. The Kier molecular flexibility index (Phi) is 5.66. The van der Waals surface area contributed by atoms with Gasteiger partial charge in [0.25, 0.3) is 0 Å². The molecule has 0 aromatic heterocycles. The van der Waals surface area contributed by atoms with Gasteiger partial charge < -0.3 is 25.5 Å². The summed E-state index contributed by atoms with van der Waals surface area (Å²) in [6, 6.07) is 0. The van der Waals surface area contributed by atoms with E-state index in [-0.39, 0.29) is 0 Å². The highest BCUT2D eigenvalue weighted by atomic mass is 79.9. The lowest BCUT2D eigenvalue weighted by atomic mass is 9.88. The maximum Gasteiger partial charge on any atom is 0.239 e. The summed E-state index contributed by atoms with van der Waals surface area (Å²) in [6.45, 7) is -0.0664. The van der Waals surface area contributed by atoms with Crippen LogP contribution >= 0.6 is 15.9 Å². The molecule has 0 spiro atoms. The van der Waals surface area contributed by atoms with Crippen molar-refractivity contribution >= 4 is 26.4 Å². The highest BCUT2D eigenvalue weighted by Crippen LogP contribution is 2.21. The Hall–Kier alpha value is -0.380. The Balaban J connectivity index is 5.11. The Morgan fingerprint density at radius 3 is 2.00 bits per heavy atom. The minimum atomic E-state index is -2.87. The molecule has 0 rings (SSSR count). The molecule has 0 aliphatic heterocycles. The second-order valence-corrected chi connectivity index (χ2v) is 4.00. The first-order valence-electron chi connectivity index (χ1n) is 4.28. The normalized spacial score (nSPS) is 20.7. The zero-order valence-corrected chi connectivity index (χ0v) is 9.96. The van der Waals surface area contributed by atoms with Crippen molar-refractivity contribution in [2.45, 2.75) is 30.8 Å². The zero-order valence-electron chi connectivity index (χ0n) is 8.37. The summed E-state index contributed by atoms with van der Waals surface area (Å²) in [7, 11) is 0. The molecule has 4 atom stereocenters. The molecule has 0 saturated heterocycles. The van der Waals surface area contributed by atoms with E-state index in [1.54, 1.807) is 0 Å². The van der Waals surface area contributed by atoms with Crippen LogP contribution in [-0.2, 0) is 9.59 Å². The van der Waals surface area contributed by atoms with Crippen LogP contribution in [-0.4, -0.2) is 66.5 Å². The van der Waals surface area contributed by atoms with E-state index in [2.05, 4.69) is 15.9 Å². The lowest BCUT2D eigenvalue weighted by Crippen LogP contribution is -2.60. The average molecular weight is 301 g/mol. The van der Waals surface area contributed by atoms with Crippen LogP contribution in [0.15, 0.2) is 0 Å². The minimum absolute atomic E-state index is 0.834. The molecule has 0 fully saturated rings. The molecular weight excluding hydrogens is 288 g/mol. The van der Waals surface area contributed by atoms with Crippen LogP contribution < -0.4 is 0 Å². The van der Waals surface area contributed by atoms with E-state index in [1.165, 1.54) is 0 Å². The molecule has 0 radical (unpaired) electrons. The molecule has 94 valence electrons. The third-order valence-corrected chi connectivity index (χ3v) is 2.77. The van der Waals surface area contributed by atoms with Crippen LogP contribution in [0.4, 0.5) is 0 Å². The second-order valence-electron chi connectivity index (χ2n) is 3.28. The average Bonchev–Trinajstić information content (AvgIpc) is 2.23. The van der Waals surface area contributed by atoms with E-state index in [0.717, 1.165) is 6.92 Å². The molecular formula is C8H13BrO7. The molecule has 0 unspecified atom stereocenters. The van der Waals surface area contributed by atoms with E-state index in [9.17, 15) is 24.9 Å². The van der Waals surface area contributed by atoms with Crippen LogP contribution in [0.3, 0.4) is 0 Å². The van der Waals surface area contributed by atoms with Gasteiger partial charge in [0.05, 0.1) is 6.61 Å². The summed E-state index contributed by atoms with van der Waals surface area (Å²) in [5.41, 5.74) is -2.87. The van der Waals surface area contributed by atoms with E-state index in [1.807, 2.05) is 0 Å². The Bertz CT molecular complexity index is 266. The van der Waals surface area contributed by atoms with Crippen molar-refractivity contribution in [2.24, 2.45) is 0 Å². The molecule has 0 aromatic rings. The standard InChI is InChI=1S/C8H13BrO7/c1-3(11)8(16,7(9)15)6(14)5(13)4(12)2-10/h4-6,10,12-14,16H,2H2,1H3/t4-,5+,6+,8-/m1/s1. The van der Waals surface area contributed by atoms with Crippen LogP contribution in [0.2, 0.25) is 0 Å². The molecule has 0 amide bonds. The number of ketones is 1. The summed E-state index contributed by atoms with van der Waals surface area (Å²) in [5, 5.41) is 45.8. The van der Waals surface area contributed by atoms with Gasteiger partial charge in [-0.2, -0.15) is 0 Å². The van der Waals surface area contributed by atoms with Crippen LogP contribution in [0.25, 0.3) is 0 Å². The first-order valence-corrected chi connectivity index (χ1v) is 5.07. The quantitative estimate of drug-likeness (QED) is 0.266. The topological polar surface area (TPSA) is 135 Å². The fourth-order valence-corrected chi connectivity index (χ4v) is 1.54. The van der Waals surface area contributed by atoms with E-state index < -0.39 is 41.0 Å². The van der Waals surface area contributed by atoms with Crippen molar-refractivity contribution in [3.8, 4) is 0 Å². The summed E-state index contributed by atoms with van der Waals surface area (Å²) >= 11 is 2.31. The summed E-state index contributed by atoms with van der Waals surface area (Å²) < 4.78 is -1.25. The number of halogens is 1. The monoisotopic (exact) mass is 300 g/mol. The minimum Gasteiger partial charge on any atom is -0.394 e. The van der Waals surface area contributed by atoms with Gasteiger partial charge in [-0.25, -0.2) is 0 Å². The number of carbonyl (C=O) groups is 2. The summed E-state index contributed by atoms with van der Waals surface area (Å²) in [6.07, 6.45) is -6.08. The number of hydrogen-bond donors (Lipinski definition) is 5. The van der Waals surface area contributed by atoms with Crippen LogP contribution in [0.1, 0.15) is 6.92 Å². The van der Waals surface area contributed by atoms with E-state index in [4.69, 9.17) is 10.2 Å². The predicted octanol–water partition coefficient (Wildman–Crippen LogP) is -2.70. The summed E-state index contributed by atoms with van der Waals surface area (Å²) in [4.78, 5) is 22.0. The Morgan fingerprint density at radius 2 is 1.75 bits per heavy atom. The highest BCUT2D eigenvalue weighted by Gasteiger charge is 2.51. The van der Waals surface area contributed by atoms with Crippen molar-refractivity contribution < 1.29 is 35.1 Å². The molecule has 0 aliphatic carbocycles. The molecule has 7 nitrogen and oxygen atoms in total. The number of hydrogen-bond acceptors (Lipinski definition) is 7. The number of aliphatic hydroxyl groups excluding tert-OH is 4. The highest BCUT2D eigenvalue weighted by molar-refractivity contribution is 9.18. The Morgan fingerprint density at radius 1 is 1.31 bits per heavy atom. The van der Waals surface area contributed by atoms with Gasteiger partial charge in [-0.05, 0) is 22.9 Å². The first-order chi connectivity index (χ1) is 7.19. The molecule has 0 saturated carbocycles. The van der Waals surface area contributed by atoms with Gasteiger partial charge in [-0.15, -0.1) is 0 Å². The van der Waals surface area contributed by atoms with Gasteiger partial charge in [0.1, 0.15) is 18.3 Å². The van der Waals surface area contributed by atoms with Gasteiger partial charge >= 0.3 is 0 Å². The van der Waals surface area contributed by atoms with Gasteiger partial charge in [0.2, 0.25) is 10.3 Å². The summed E-state index contributed by atoms with van der Waals surface area (Å²) in [5.74, 6) is -1.11. The van der Waals surface area contributed by atoms with Crippen molar-refractivity contribution in [1.82, 2.24) is 0 Å². The third-order valence-electron chi connectivity index (χ3n) is 2.17. The largest absolute Gasteiger partial charge is 0.394 e. The number of rotatable bonds is 6. The van der Waals surface area contributed by atoms with E-state index >= 15 is 0 Å². The SMILES string of the molecule is CC(=O)[C@](O)(C(=O)Br)[C@@H](O)[C@@H](O)[C@H](O)CO. The van der Waals surface area contributed by atoms with E-state index in [0.29, 0.717) is 0 Å². The maximum absolute atomic E-state index is 11.0. The van der Waals surface area contributed by atoms with Crippen LogP contribution in [0.5, 0.6) is 0 Å². The lowest BCUT2D eigenvalue weighted by Gasteiger charge is -2.31. The van der Waals surface area contributed by atoms with Gasteiger partial charge in [-0.1, -0.05) is 0 Å². The fraction of sp³-hybridized carbons (Fsp3) is 0.750. The maximum atomic E-state index is 11.0.